The highest BCUT2D eigenvalue weighted by atomic mass is 14.4. The van der Waals surface area contributed by atoms with Gasteiger partial charge >= 0.3 is 0 Å². The summed E-state index contributed by atoms with van der Waals surface area (Å²) < 4.78 is 0. The number of hydrogen-bond acceptors (Lipinski definition) is 0. The van der Waals surface area contributed by atoms with Gasteiger partial charge < -0.3 is 0 Å². The van der Waals surface area contributed by atoms with E-state index in [1.807, 2.05) is 0 Å². The van der Waals surface area contributed by atoms with Gasteiger partial charge in [0.05, 0.1) is 0 Å². The summed E-state index contributed by atoms with van der Waals surface area (Å²) in [4.78, 5) is 0. The van der Waals surface area contributed by atoms with Gasteiger partial charge in [-0.25, -0.2) is 0 Å². The minimum absolute atomic E-state index is 0.105. The molecule has 0 aliphatic heterocycles. The Bertz CT molecular complexity index is 2420. The highest BCUT2D eigenvalue weighted by Crippen LogP contribution is 2.55. The van der Waals surface area contributed by atoms with Crippen molar-refractivity contribution in [3.63, 3.8) is 0 Å². The summed E-state index contributed by atoms with van der Waals surface area (Å²) in [6, 6.07) is 54.0. The lowest BCUT2D eigenvalue weighted by Crippen LogP contribution is -2.15. The largest absolute Gasteiger partial charge is 0.0616 e. The molecule has 0 N–H and O–H groups in total. The summed E-state index contributed by atoms with van der Waals surface area (Å²) in [5, 5.41) is 10.4. The van der Waals surface area contributed by atoms with E-state index in [0.717, 1.165) is 0 Å². The van der Waals surface area contributed by atoms with Crippen molar-refractivity contribution in [3.05, 3.63) is 157 Å². The summed E-state index contributed by atoms with van der Waals surface area (Å²) in [6.45, 7) is 4.79. The van der Waals surface area contributed by atoms with Crippen LogP contribution in [0.5, 0.6) is 0 Å². The third-order valence-electron chi connectivity index (χ3n) is 9.86. The molecule has 0 bridgehead atoms. The van der Waals surface area contributed by atoms with E-state index in [2.05, 4.69) is 159 Å². The summed E-state index contributed by atoms with van der Waals surface area (Å²) >= 11 is 0. The smallest absolute Gasteiger partial charge is 0.0159 e. The fourth-order valence-electron chi connectivity index (χ4n) is 7.80. The van der Waals surface area contributed by atoms with E-state index in [9.17, 15) is 0 Å². The Labute approximate surface area is 251 Å². The maximum absolute atomic E-state index is 2.51. The van der Waals surface area contributed by atoms with E-state index < -0.39 is 0 Å². The van der Waals surface area contributed by atoms with Crippen molar-refractivity contribution in [1.82, 2.24) is 0 Å². The van der Waals surface area contributed by atoms with Crippen molar-refractivity contribution in [1.29, 1.82) is 0 Å². The summed E-state index contributed by atoms with van der Waals surface area (Å²) in [7, 11) is 0. The van der Waals surface area contributed by atoms with Crippen molar-refractivity contribution >= 4 is 43.1 Å². The zero-order valence-corrected chi connectivity index (χ0v) is 24.4. The molecule has 8 aromatic rings. The van der Waals surface area contributed by atoms with E-state index in [0.29, 0.717) is 0 Å². The summed E-state index contributed by atoms with van der Waals surface area (Å²) in [5.74, 6) is 0. The lowest BCUT2D eigenvalue weighted by atomic mass is 9.80. The molecule has 202 valence electrons. The zero-order valence-electron chi connectivity index (χ0n) is 24.4. The molecule has 0 unspecified atom stereocenters. The fraction of sp³-hybridized carbons (Fsp3) is 0.0698. The molecule has 0 heteroatoms. The highest BCUT2D eigenvalue weighted by Gasteiger charge is 2.38. The van der Waals surface area contributed by atoms with Crippen molar-refractivity contribution in [3.8, 4) is 33.4 Å². The number of rotatable bonds is 2. The van der Waals surface area contributed by atoms with E-state index in [4.69, 9.17) is 0 Å². The Hall–Kier alpha value is -5.20. The minimum atomic E-state index is -0.105. The summed E-state index contributed by atoms with van der Waals surface area (Å²) in [5.41, 5.74) is 10.7. The molecule has 0 atom stereocenters. The molecule has 8 aromatic carbocycles. The quantitative estimate of drug-likeness (QED) is 0.202. The average Bonchev–Trinajstić information content (AvgIpc) is 3.30. The van der Waals surface area contributed by atoms with E-state index in [1.54, 1.807) is 0 Å². The lowest BCUT2D eigenvalue weighted by molar-refractivity contribution is 0.661. The van der Waals surface area contributed by atoms with Gasteiger partial charge in [0.25, 0.3) is 0 Å². The van der Waals surface area contributed by atoms with Crippen LogP contribution in [0.2, 0.25) is 0 Å². The van der Waals surface area contributed by atoms with Crippen molar-refractivity contribution in [2.75, 3.05) is 0 Å². The van der Waals surface area contributed by atoms with Crippen molar-refractivity contribution in [2.45, 2.75) is 19.3 Å². The maximum Gasteiger partial charge on any atom is 0.0159 e. The molecule has 0 spiro atoms. The third-order valence-corrected chi connectivity index (χ3v) is 9.86. The van der Waals surface area contributed by atoms with Gasteiger partial charge in [0, 0.05) is 5.41 Å². The van der Waals surface area contributed by atoms with Crippen LogP contribution in [0.25, 0.3) is 76.5 Å². The molecule has 0 saturated carbocycles. The van der Waals surface area contributed by atoms with Crippen LogP contribution in [0.3, 0.4) is 0 Å². The molecule has 0 radical (unpaired) electrons. The Morgan fingerprint density at radius 1 is 0.326 bits per heavy atom. The third kappa shape index (κ3) is 3.38. The molecular formula is C43H30. The van der Waals surface area contributed by atoms with E-state index in [1.165, 1.54) is 87.6 Å². The van der Waals surface area contributed by atoms with Crippen molar-refractivity contribution < 1.29 is 0 Å². The highest BCUT2D eigenvalue weighted by molar-refractivity contribution is 6.17. The van der Waals surface area contributed by atoms with Gasteiger partial charge in [0.15, 0.2) is 0 Å². The molecule has 0 heterocycles. The molecule has 0 saturated heterocycles. The Morgan fingerprint density at radius 2 is 0.791 bits per heavy atom. The predicted molar refractivity (Wildman–Crippen MR) is 185 cm³/mol. The molecule has 1 aliphatic carbocycles. The van der Waals surface area contributed by atoms with Gasteiger partial charge in [-0.15, -0.1) is 0 Å². The van der Waals surface area contributed by atoms with Crippen LogP contribution >= 0.6 is 0 Å². The first-order valence-electron chi connectivity index (χ1n) is 15.2. The normalized spacial score (nSPS) is 13.5. The second kappa shape index (κ2) is 8.90. The van der Waals surface area contributed by atoms with Crippen LogP contribution in [0.4, 0.5) is 0 Å². The fourth-order valence-corrected chi connectivity index (χ4v) is 7.80. The first kappa shape index (κ1) is 24.4. The van der Waals surface area contributed by atoms with E-state index >= 15 is 0 Å². The average molecular weight is 547 g/mol. The first-order valence-corrected chi connectivity index (χ1v) is 15.2. The number of hydrogen-bond donors (Lipinski definition) is 0. The maximum atomic E-state index is 2.51. The molecule has 43 heavy (non-hydrogen) atoms. The van der Waals surface area contributed by atoms with Gasteiger partial charge in [0.2, 0.25) is 0 Å². The minimum Gasteiger partial charge on any atom is -0.0616 e. The first-order chi connectivity index (χ1) is 21.1. The van der Waals surface area contributed by atoms with Crippen LogP contribution in [0.1, 0.15) is 25.0 Å². The van der Waals surface area contributed by atoms with Crippen LogP contribution in [0, 0.1) is 0 Å². The molecule has 1 aliphatic rings. The second-order valence-corrected chi connectivity index (χ2v) is 12.5. The topological polar surface area (TPSA) is 0 Å². The lowest BCUT2D eigenvalue weighted by Gasteiger charge is -2.23. The van der Waals surface area contributed by atoms with Gasteiger partial charge in [-0.2, -0.15) is 0 Å². The van der Waals surface area contributed by atoms with Gasteiger partial charge in [-0.05, 0) is 93.7 Å². The SMILES string of the molecule is CC1(C)c2ccc3ccccc3c2-c2c1cc(-c1ccc(-c3cccc4ccccc34)c3ccccc13)c1ccccc21. The van der Waals surface area contributed by atoms with Gasteiger partial charge in [-0.1, -0.05) is 153 Å². The Morgan fingerprint density at radius 3 is 1.49 bits per heavy atom. The molecule has 0 nitrogen and oxygen atoms in total. The van der Waals surface area contributed by atoms with Crippen LogP contribution in [0.15, 0.2) is 146 Å². The Kier molecular flexibility index (Phi) is 5.05. The molecule has 0 fully saturated rings. The number of benzene rings is 8. The Balaban J connectivity index is 1.36. The molecule has 0 aromatic heterocycles. The number of fused-ring (bicyclic) bond motifs is 9. The predicted octanol–water partition coefficient (Wildman–Crippen LogP) is 11.9. The van der Waals surface area contributed by atoms with Gasteiger partial charge in [-0.3, -0.25) is 0 Å². The van der Waals surface area contributed by atoms with Crippen LogP contribution in [-0.2, 0) is 5.41 Å². The zero-order chi connectivity index (χ0) is 28.7. The second-order valence-electron chi connectivity index (χ2n) is 12.5. The summed E-state index contributed by atoms with van der Waals surface area (Å²) in [6.07, 6.45) is 0. The molecule has 0 amide bonds. The van der Waals surface area contributed by atoms with Crippen LogP contribution < -0.4 is 0 Å². The standard InChI is InChI=1S/C43H30/c1-43(2)39-25-22-28-13-4-6-16-30(28)41(39)42-37-20-10-9-19-34(37)38(26-40(42)43)36-24-23-35(32-17-7-8-18-33(32)36)31-21-11-14-27-12-3-5-15-29(27)31/h3-26H,1-2H3. The van der Waals surface area contributed by atoms with Crippen LogP contribution in [-0.4, -0.2) is 0 Å². The monoisotopic (exact) mass is 546 g/mol. The van der Waals surface area contributed by atoms with Gasteiger partial charge in [0.1, 0.15) is 0 Å². The molecular weight excluding hydrogens is 516 g/mol. The molecule has 9 rings (SSSR count). The van der Waals surface area contributed by atoms with E-state index in [-0.39, 0.29) is 5.41 Å². The van der Waals surface area contributed by atoms with Crippen molar-refractivity contribution in [2.24, 2.45) is 0 Å².